The number of hydrogen-bond donors (Lipinski definition) is 0. The molecule has 1 amide bonds. The van der Waals surface area contributed by atoms with Gasteiger partial charge in [0.1, 0.15) is 12.3 Å². The maximum atomic E-state index is 14.0. The van der Waals surface area contributed by atoms with Crippen LogP contribution in [-0.4, -0.2) is 35.2 Å². The fourth-order valence-electron chi connectivity index (χ4n) is 3.00. The van der Waals surface area contributed by atoms with Crippen LogP contribution < -0.4 is 4.74 Å². The monoisotopic (exact) mass is 416 g/mol. The zero-order chi connectivity index (χ0) is 21.3. The molecule has 0 spiro atoms. The SMILES string of the molecule is C[C@@H]1COC(=O)N1Cc1cc(-c2ccc(F)c(OC(F)F)c2)cnc1C(C)(F)F. The second kappa shape index (κ2) is 7.84. The van der Waals surface area contributed by atoms with E-state index in [1.807, 2.05) is 0 Å². The van der Waals surface area contributed by atoms with Crippen LogP contribution in [0.1, 0.15) is 25.1 Å². The average molecular weight is 416 g/mol. The summed E-state index contributed by atoms with van der Waals surface area (Å²) in [5.74, 6) is -4.96. The summed E-state index contributed by atoms with van der Waals surface area (Å²) in [5.41, 5.74) is 0.0341. The van der Waals surface area contributed by atoms with Gasteiger partial charge < -0.3 is 9.47 Å². The van der Waals surface area contributed by atoms with Crippen molar-refractivity contribution in [2.24, 2.45) is 0 Å². The van der Waals surface area contributed by atoms with Crippen LogP contribution in [0.25, 0.3) is 11.1 Å². The Morgan fingerprint density at radius 2 is 2.03 bits per heavy atom. The van der Waals surface area contributed by atoms with Gasteiger partial charge in [-0.3, -0.25) is 9.88 Å². The molecule has 1 fully saturated rings. The largest absolute Gasteiger partial charge is 0.447 e. The molecule has 0 N–H and O–H groups in total. The number of carbonyl (C=O) groups excluding carboxylic acids is 1. The van der Waals surface area contributed by atoms with Gasteiger partial charge in [0, 0.05) is 18.7 Å². The van der Waals surface area contributed by atoms with Gasteiger partial charge in [0.15, 0.2) is 11.6 Å². The first-order chi connectivity index (χ1) is 13.6. The Balaban J connectivity index is 2.02. The summed E-state index contributed by atoms with van der Waals surface area (Å²) in [4.78, 5) is 17.0. The summed E-state index contributed by atoms with van der Waals surface area (Å²) < 4.78 is 75.7. The van der Waals surface area contributed by atoms with Crippen LogP contribution >= 0.6 is 0 Å². The van der Waals surface area contributed by atoms with Crippen molar-refractivity contribution in [3.63, 3.8) is 0 Å². The van der Waals surface area contributed by atoms with Gasteiger partial charge in [0.2, 0.25) is 0 Å². The molecule has 156 valence electrons. The van der Waals surface area contributed by atoms with Crippen LogP contribution in [0.3, 0.4) is 0 Å². The van der Waals surface area contributed by atoms with E-state index in [0.717, 1.165) is 18.3 Å². The fourth-order valence-corrected chi connectivity index (χ4v) is 3.00. The number of carbonyl (C=O) groups is 1. The molecule has 1 aliphatic heterocycles. The van der Waals surface area contributed by atoms with Crippen molar-refractivity contribution in [3.8, 4) is 16.9 Å². The topological polar surface area (TPSA) is 51.7 Å². The maximum absolute atomic E-state index is 14.0. The zero-order valence-electron chi connectivity index (χ0n) is 15.5. The fraction of sp³-hybridized carbons (Fsp3) is 0.368. The number of cyclic esters (lactones) is 1. The Morgan fingerprint density at radius 1 is 1.31 bits per heavy atom. The highest BCUT2D eigenvalue weighted by Crippen LogP contribution is 2.34. The van der Waals surface area contributed by atoms with Gasteiger partial charge in [-0.15, -0.1) is 0 Å². The molecule has 1 atom stereocenters. The molecule has 5 nitrogen and oxygen atoms in total. The van der Waals surface area contributed by atoms with Crippen LogP contribution in [0.4, 0.5) is 26.7 Å². The molecule has 3 rings (SSSR count). The van der Waals surface area contributed by atoms with Gasteiger partial charge in [0.05, 0.1) is 12.6 Å². The number of pyridine rings is 1. The van der Waals surface area contributed by atoms with Gasteiger partial charge in [-0.25, -0.2) is 9.18 Å². The Hall–Kier alpha value is -2.91. The predicted molar refractivity (Wildman–Crippen MR) is 92.2 cm³/mol. The van der Waals surface area contributed by atoms with Gasteiger partial charge >= 0.3 is 12.7 Å². The molecular weight excluding hydrogens is 399 g/mol. The number of aromatic nitrogens is 1. The molecule has 0 aliphatic carbocycles. The summed E-state index contributed by atoms with van der Waals surface area (Å²) in [6.07, 6.45) is 0.490. The lowest BCUT2D eigenvalue weighted by atomic mass is 10.0. The molecular formula is C19H17F5N2O3. The first kappa shape index (κ1) is 20.8. The number of hydrogen-bond acceptors (Lipinski definition) is 4. The number of alkyl halides is 4. The smallest absolute Gasteiger partial charge is 0.410 e. The van der Waals surface area contributed by atoms with Crippen molar-refractivity contribution in [1.29, 1.82) is 0 Å². The van der Waals surface area contributed by atoms with E-state index < -0.39 is 35.9 Å². The molecule has 2 heterocycles. The normalized spacial score (nSPS) is 17.0. The molecule has 0 saturated carbocycles. The summed E-state index contributed by atoms with van der Waals surface area (Å²) >= 11 is 0. The number of benzene rings is 1. The molecule has 0 bridgehead atoms. The van der Waals surface area contributed by atoms with Crippen molar-refractivity contribution in [2.45, 2.75) is 39.0 Å². The molecule has 0 radical (unpaired) electrons. The van der Waals surface area contributed by atoms with Crippen LogP contribution in [0.15, 0.2) is 30.5 Å². The van der Waals surface area contributed by atoms with Crippen LogP contribution in [-0.2, 0) is 17.2 Å². The van der Waals surface area contributed by atoms with E-state index in [-0.39, 0.29) is 35.9 Å². The number of amides is 1. The number of ether oxygens (including phenoxy) is 2. The van der Waals surface area contributed by atoms with E-state index in [9.17, 15) is 26.7 Å². The lowest BCUT2D eigenvalue weighted by Crippen LogP contribution is -2.31. The molecule has 29 heavy (non-hydrogen) atoms. The second-order valence-electron chi connectivity index (χ2n) is 6.70. The van der Waals surface area contributed by atoms with E-state index in [0.29, 0.717) is 6.92 Å². The Morgan fingerprint density at radius 3 is 2.62 bits per heavy atom. The molecule has 0 unspecified atom stereocenters. The summed E-state index contributed by atoms with van der Waals surface area (Å²) in [7, 11) is 0. The highest BCUT2D eigenvalue weighted by Gasteiger charge is 2.34. The first-order valence-electron chi connectivity index (χ1n) is 8.61. The minimum absolute atomic E-state index is 0.0568. The van der Waals surface area contributed by atoms with E-state index in [2.05, 4.69) is 9.72 Å². The van der Waals surface area contributed by atoms with E-state index >= 15 is 0 Å². The lowest BCUT2D eigenvalue weighted by Gasteiger charge is -2.22. The summed E-state index contributed by atoms with van der Waals surface area (Å²) in [6.45, 7) is -0.884. The minimum atomic E-state index is -3.28. The number of halogens is 5. The molecule has 2 aromatic rings. The number of nitrogens with zero attached hydrogens (tertiary/aromatic N) is 2. The quantitative estimate of drug-likeness (QED) is 0.626. The molecule has 1 saturated heterocycles. The van der Waals surface area contributed by atoms with Crippen molar-refractivity contribution in [1.82, 2.24) is 9.88 Å². The second-order valence-corrected chi connectivity index (χ2v) is 6.70. The van der Waals surface area contributed by atoms with Crippen molar-refractivity contribution in [2.75, 3.05) is 6.61 Å². The zero-order valence-corrected chi connectivity index (χ0v) is 15.5. The van der Waals surface area contributed by atoms with Gasteiger partial charge in [-0.2, -0.15) is 17.6 Å². The maximum Gasteiger partial charge on any atom is 0.410 e. The third-order valence-electron chi connectivity index (χ3n) is 4.42. The molecule has 1 aliphatic rings. The summed E-state index contributed by atoms with van der Waals surface area (Å²) in [6, 6.07) is 4.28. The molecule has 1 aromatic heterocycles. The van der Waals surface area contributed by atoms with Crippen molar-refractivity contribution < 1.29 is 36.2 Å². The van der Waals surface area contributed by atoms with E-state index in [1.165, 1.54) is 17.0 Å². The molecule has 1 aromatic carbocycles. The van der Waals surface area contributed by atoms with Crippen LogP contribution in [0.5, 0.6) is 5.75 Å². The van der Waals surface area contributed by atoms with Crippen LogP contribution in [0.2, 0.25) is 0 Å². The number of rotatable bonds is 6. The minimum Gasteiger partial charge on any atom is -0.447 e. The Bertz CT molecular complexity index is 917. The van der Waals surface area contributed by atoms with Crippen LogP contribution in [0, 0.1) is 5.82 Å². The van der Waals surface area contributed by atoms with E-state index in [1.54, 1.807) is 6.92 Å². The third-order valence-corrected chi connectivity index (χ3v) is 4.42. The Kier molecular flexibility index (Phi) is 5.63. The van der Waals surface area contributed by atoms with Gasteiger partial charge in [-0.05, 0) is 36.2 Å². The summed E-state index contributed by atoms with van der Waals surface area (Å²) in [5, 5.41) is 0. The lowest BCUT2D eigenvalue weighted by molar-refractivity contribution is -0.0521. The first-order valence-corrected chi connectivity index (χ1v) is 8.61. The predicted octanol–water partition coefficient (Wildman–Crippen LogP) is 4.94. The van der Waals surface area contributed by atoms with E-state index in [4.69, 9.17) is 4.74 Å². The Labute approximate surface area is 163 Å². The highest BCUT2D eigenvalue weighted by molar-refractivity contribution is 5.70. The molecule has 10 heteroatoms. The standard InChI is InChI=1S/C19H17F5N2O3/c1-10-9-28-18(27)26(10)8-13-5-12(7-25-16(13)19(2,23)24)11-3-4-14(20)15(6-11)29-17(21)22/h3-7,10,17H,8-9H2,1-2H3/t10-/m1/s1. The third kappa shape index (κ3) is 4.57. The van der Waals surface area contributed by atoms with Gasteiger partial charge in [-0.1, -0.05) is 6.07 Å². The van der Waals surface area contributed by atoms with Gasteiger partial charge in [0.25, 0.3) is 5.92 Å². The van der Waals surface area contributed by atoms with Crippen molar-refractivity contribution in [3.05, 3.63) is 47.5 Å². The van der Waals surface area contributed by atoms with Crippen molar-refractivity contribution >= 4 is 6.09 Å². The highest BCUT2D eigenvalue weighted by atomic mass is 19.3. The average Bonchev–Trinajstić information content (AvgIpc) is 2.94.